The molecule has 3 N–H and O–H groups in total. The maximum atomic E-state index is 13.0. The number of nitrogens with zero attached hydrogens (tertiary/aromatic N) is 3. The fourth-order valence-corrected chi connectivity index (χ4v) is 4.11. The second-order valence-corrected chi connectivity index (χ2v) is 9.13. The molecule has 0 saturated carbocycles. The molecule has 8 nitrogen and oxygen atoms in total. The van der Waals surface area contributed by atoms with E-state index in [4.69, 9.17) is 10.5 Å². The molecule has 1 aliphatic heterocycles. The number of carbonyl (C=O) groups is 2. The number of aromatic nitrogens is 1. The van der Waals surface area contributed by atoms with E-state index >= 15 is 0 Å². The SMILES string of the molecule is CC(C)CN(O)C(=O)CN1CCC(N)(c2ccc(OCc3ccc4ccccc4n3)cc2)C1=O. The van der Waals surface area contributed by atoms with Crippen LogP contribution in [-0.2, 0) is 21.7 Å². The molecule has 1 saturated heterocycles. The summed E-state index contributed by atoms with van der Waals surface area (Å²) in [5.74, 6) is -0.0795. The summed E-state index contributed by atoms with van der Waals surface area (Å²) < 4.78 is 5.87. The van der Waals surface area contributed by atoms with Gasteiger partial charge in [0.25, 0.3) is 5.91 Å². The Morgan fingerprint density at radius 1 is 1.18 bits per heavy atom. The highest BCUT2D eigenvalue weighted by Crippen LogP contribution is 2.32. The molecule has 0 aliphatic carbocycles. The number of ether oxygens (including phenoxy) is 1. The molecule has 0 spiro atoms. The maximum absolute atomic E-state index is 13.0. The Labute approximate surface area is 198 Å². The second-order valence-electron chi connectivity index (χ2n) is 9.13. The molecule has 34 heavy (non-hydrogen) atoms. The Morgan fingerprint density at radius 2 is 1.91 bits per heavy atom. The maximum Gasteiger partial charge on any atom is 0.265 e. The first-order valence-corrected chi connectivity index (χ1v) is 11.4. The second kappa shape index (κ2) is 9.79. The molecule has 178 valence electrons. The third-order valence-corrected chi connectivity index (χ3v) is 6.01. The van der Waals surface area contributed by atoms with Crippen LogP contribution in [0.3, 0.4) is 0 Å². The van der Waals surface area contributed by atoms with Gasteiger partial charge in [-0.1, -0.05) is 50.2 Å². The van der Waals surface area contributed by atoms with Crippen molar-refractivity contribution in [2.45, 2.75) is 32.4 Å². The number of hydroxylamine groups is 2. The van der Waals surface area contributed by atoms with Gasteiger partial charge >= 0.3 is 0 Å². The van der Waals surface area contributed by atoms with Gasteiger partial charge in [-0.15, -0.1) is 0 Å². The van der Waals surface area contributed by atoms with Crippen LogP contribution >= 0.6 is 0 Å². The molecule has 0 radical (unpaired) electrons. The van der Waals surface area contributed by atoms with E-state index in [1.54, 1.807) is 24.3 Å². The zero-order chi connectivity index (χ0) is 24.3. The van der Waals surface area contributed by atoms with Gasteiger partial charge in [-0.05, 0) is 42.2 Å². The molecule has 1 aromatic heterocycles. The van der Waals surface area contributed by atoms with Crippen LogP contribution in [-0.4, -0.2) is 51.6 Å². The Bertz CT molecular complexity index is 1180. The molecule has 2 aromatic carbocycles. The minimum atomic E-state index is -1.21. The molecule has 8 heteroatoms. The van der Waals surface area contributed by atoms with Crippen LogP contribution in [0.1, 0.15) is 31.5 Å². The van der Waals surface area contributed by atoms with Gasteiger partial charge in [-0.3, -0.25) is 14.8 Å². The smallest absolute Gasteiger partial charge is 0.265 e. The number of rotatable bonds is 8. The van der Waals surface area contributed by atoms with Crippen molar-refractivity contribution in [2.24, 2.45) is 11.7 Å². The number of likely N-dealkylation sites (tertiary alicyclic amines) is 1. The first-order valence-electron chi connectivity index (χ1n) is 11.4. The van der Waals surface area contributed by atoms with Crippen LogP contribution in [0.25, 0.3) is 10.9 Å². The number of amides is 2. The number of hydrogen-bond donors (Lipinski definition) is 2. The number of fused-ring (bicyclic) bond motifs is 1. The highest BCUT2D eigenvalue weighted by atomic mass is 16.5. The summed E-state index contributed by atoms with van der Waals surface area (Å²) >= 11 is 0. The Balaban J connectivity index is 1.37. The molecule has 4 rings (SSSR count). The molecule has 3 aromatic rings. The standard InChI is InChI=1S/C26H30N4O4/c1-18(2)15-30(33)24(31)16-29-14-13-26(27,25(29)32)20-8-11-22(12-9-20)34-17-21-10-7-19-5-3-4-6-23(19)28-21/h3-12,18,33H,13-17,27H2,1-2H3. The van der Waals surface area contributed by atoms with Crippen molar-refractivity contribution in [3.05, 3.63) is 71.9 Å². The van der Waals surface area contributed by atoms with E-state index < -0.39 is 11.4 Å². The summed E-state index contributed by atoms with van der Waals surface area (Å²) in [4.78, 5) is 31.3. The topological polar surface area (TPSA) is 109 Å². The van der Waals surface area contributed by atoms with Gasteiger partial charge in [0.1, 0.15) is 24.4 Å². The minimum absolute atomic E-state index is 0.120. The molecule has 2 amide bonds. The summed E-state index contributed by atoms with van der Waals surface area (Å²) in [6.45, 7) is 4.48. The zero-order valence-electron chi connectivity index (χ0n) is 19.5. The van der Waals surface area contributed by atoms with Gasteiger partial charge in [0.2, 0.25) is 5.91 Å². The number of pyridine rings is 1. The summed E-state index contributed by atoms with van der Waals surface area (Å²) in [5, 5.41) is 11.6. The fourth-order valence-electron chi connectivity index (χ4n) is 4.11. The van der Waals surface area contributed by atoms with Gasteiger partial charge in [-0.2, -0.15) is 0 Å². The third kappa shape index (κ3) is 5.03. The van der Waals surface area contributed by atoms with Gasteiger partial charge in [-0.25, -0.2) is 10.0 Å². The van der Waals surface area contributed by atoms with E-state index in [9.17, 15) is 14.8 Å². The average Bonchev–Trinajstić information content (AvgIpc) is 3.12. The predicted molar refractivity (Wildman–Crippen MR) is 128 cm³/mol. The Morgan fingerprint density at radius 3 is 2.65 bits per heavy atom. The van der Waals surface area contributed by atoms with E-state index in [1.165, 1.54) is 4.90 Å². The Hall–Kier alpha value is -3.49. The number of benzene rings is 2. The van der Waals surface area contributed by atoms with E-state index in [1.807, 2.05) is 50.2 Å². The molecule has 0 bridgehead atoms. The minimum Gasteiger partial charge on any atom is -0.487 e. The van der Waals surface area contributed by atoms with Crippen molar-refractivity contribution < 1.29 is 19.5 Å². The van der Waals surface area contributed by atoms with Crippen LogP contribution < -0.4 is 10.5 Å². The molecule has 1 atom stereocenters. The van der Waals surface area contributed by atoms with Crippen LogP contribution in [0.5, 0.6) is 5.75 Å². The summed E-state index contributed by atoms with van der Waals surface area (Å²) in [6, 6.07) is 19.0. The number of para-hydroxylation sites is 1. The van der Waals surface area contributed by atoms with Crippen molar-refractivity contribution in [2.75, 3.05) is 19.6 Å². The number of hydrogen-bond acceptors (Lipinski definition) is 6. The molecule has 2 heterocycles. The largest absolute Gasteiger partial charge is 0.487 e. The molecule has 1 unspecified atom stereocenters. The summed E-state index contributed by atoms with van der Waals surface area (Å²) in [6.07, 6.45) is 0.385. The summed E-state index contributed by atoms with van der Waals surface area (Å²) in [7, 11) is 0. The van der Waals surface area contributed by atoms with Gasteiger partial charge < -0.3 is 15.4 Å². The number of carbonyl (C=O) groups excluding carboxylic acids is 2. The van der Waals surface area contributed by atoms with Crippen LogP contribution in [0.4, 0.5) is 0 Å². The highest BCUT2D eigenvalue weighted by molar-refractivity contribution is 5.92. The summed E-state index contributed by atoms with van der Waals surface area (Å²) in [5.41, 5.74) is 7.67. The van der Waals surface area contributed by atoms with Crippen molar-refractivity contribution in [1.29, 1.82) is 0 Å². The van der Waals surface area contributed by atoms with E-state index in [2.05, 4.69) is 4.98 Å². The lowest BCUT2D eigenvalue weighted by Gasteiger charge is -2.25. The van der Waals surface area contributed by atoms with Crippen molar-refractivity contribution >= 4 is 22.7 Å². The lowest BCUT2D eigenvalue weighted by molar-refractivity contribution is -0.169. The van der Waals surface area contributed by atoms with Crippen molar-refractivity contribution in [1.82, 2.24) is 14.9 Å². The first kappa shape index (κ1) is 23.7. The number of nitrogens with two attached hydrogens (primary N) is 1. The lowest BCUT2D eigenvalue weighted by atomic mass is 9.89. The first-order chi connectivity index (χ1) is 16.3. The van der Waals surface area contributed by atoms with Crippen LogP contribution in [0, 0.1) is 5.92 Å². The normalized spacial score (nSPS) is 18.0. The van der Waals surface area contributed by atoms with Crippen molar-refractivity contribution in [3.63, 3.8) is 0 Å². The molecule has 1 fully saturated rings. The monoisotopic (exact) mass is 462 g/mol. The van der Waals surface area contributed by atoms with Gasteiger partial charge in [0.15, 0.2) is 0 Å². The third-order valence-electron chi connectivity index (χ3n) is 6.01. The molecular formula is C26H30N4O4. The van der Waals surface area contributed by atoms with E-state index in [0.717, 1.165) is 16.6 Å². The van der Waals surface area contributed by atoms with E-state index in [0.29, 0.717) is 35.9 Å². The lowest BCUT2D eigenvalue weighted by Crippen LogP contribution is -2.48. The molecular weight excluding hydrogens is 432 g/mol. The molecule has 1 aliphatic rings. The predicted octanol–water partition coefficient (Wildman–Crippen LogP) is 3.07. The average molecular weight is 463 g/mol. The van der Waals surface area contributed by atoms with E-state index in [-0.39, 0.29) is 24.9 Å². The van der Waals surface area contributed by atoms with Gasteiger partial charge in [0, 0.05) is 11.9 Å². The fraction of sp³-hybridized carbons (Fsp3) is 0.346. The Kier molecular flexibility index (Phi) is 6.81. The van der Waals surface area contributed by atoms with Crippen molar-refractivity contribution in [3.8, 4) is 5.75 Å². The quantitative estimate of drug-likeness (QED) is 0.393. The zero-order valence-corrected chi connectivity index (χ0v) is 19.5. The van der Waals surface area contributed by atoms with Gasteiger partial charge in [0.05, 0.1) is 17.8 Å². The van der Waals surface area contributed by atoms with Crippen LogP contribution in [0.15, 0.2) is 60.7 Å². The highest BCUT2D eigenvalue weighted by Gasteiger charge is 2.45. The van der Waals surface area contributed by atoms with Crippen LogP contribution in [0.2, 0.25) is 0 Å².